The molecule has 0 aliphatic rings. The summed E-state index contributed by atoms with van der Waals surface area (Å²) < 4.78 is 2.20. The summed E-state index contributed by atoms with van der Waals surface area (Å²) >= 11 is 0. The van der Waals surface area contributed by atoms with Crippen molar-refractivity contribution >= 4 is 0 Å². The summed E-state index contributed by atoms with van der Waals surface area (Å²) in [5.74, 6) is 0.595. The number of nitrogens with zero attached hydrogens (tertiary/aromatic N) is 2. The van der Waals surface area contributed by atoms with Crippen molar-refractivity contribution in [2.45, 2.75) is 52.7 Å². The molecular formula is C17H25N3. The minimum Gasteiger partial charge on any atom is -0.331 e. The van der Waals surface area contributed by atoms with Crippen LogP contribution < -0.4 is 5.32 Å². The van der Waals surface area contributed by atoms with Gasteiger partial charge in [-0.25, -0.2) is 4.98 Å². The van der Waals surface area contributed by atoms with E-state index in [1.165, 1.54) is 16.8 Å². The second-order valence-corrected chi connectivity index (χ2v) is 5.89. The predicted molar refractivity (Wildman–Crippen MR) is 83.7 cm³/mol. The van der Waals surface area contributed by atoms with Crippen LogP contribution in [0.25, 0.3) is 0 Å². The standard InChI is InChI=1S/C17H25N3/c1-13(2)16-7-5-15(6-8-16)9-18-10-17-11-19-12-20(17)14(3)4/h5-8,11-14,18H,9-10H2,1-4H3. The molecular weight excluding hydrogens is 246 g/mol. The van der Waals surface area contributed by atoms with Crippen LogP contribution in [0.5, 0.6) is 0 Å². The van der Waals surface area contributed by atoms with Crippen molar-refractivity contribution in [3.63, 3.8) is 0 Å². The van der Waals surface area contributed by atoms with Crippen molar-refractivity contribution in [1.82, 2.24) is 14.9 Å². The zero-order valence-corrected chi connectivity index (χ0v) is 12.9. The zero-order valence-electron chi connectivity index (χ0n) is 12.9. The molecule has 1 heterocycles. The number of benzene rings is 1. The maximum atomic E-state index is 4.22. The topological polar surface area (TPSA) is 29.9 Å². The highest BCUT2D eigenvalue weighted by Crippen LogP contribution is 2.14. The van der Waals surface area contributed by atoms with Crippen LogP contribution in [0.4, 0.5) is 0 Å². The van der Waals surface area contributed by atoms with E-state index < -0.39 is 0 Å². The molecule has 0 fully saturated rings. The first-order chi connectivity index (χ1) is 9.58. The maximum Gasteiger partial charge on any atom is 0.0951 e. The second-order valence-electron chi connectivity index (χ2n) is 5.89. The molecule has 1 N–H and O–H groups in total. The normalized spacial score (nSPS) is 11.5. The Morgan fingerprint density at radius 3 is 2.35 bits per heavy atom. The Hall–Kier alpha value is -1.61. The Morgan fingerprint density at radius 2 is 1.75 bits per heavy atom. The Balaban J connectivity index is 1.88. The van der Waals surface area contributed by atoms with E-state index in [2.05, 4.69) is 66.8 Å². The third-order valence-electron chi connectivity index (χ3n) is 3.58. The average Bonchev–Trinajstić information content (AvgIpc) is 2.88. The minimum atomic E-state index is 0.458. The molecule has 2 rings (SSSR count). The summed E-state index contributed by atoms with van der Waals surface area (Å²) in [7, 11) is 0. The van der Waals surface area contributed by atoms with Crippen LogP contribution >= 0.6 is 0 Å². The third kappa shape index (κ3) is 3.70. The lowest BCUT2D eigenvalue weighted by molar-refractivity contribution is 0.550. The molecule has 108 valence electrons. The first-order valence-corrected chi connectivity index (χ1v) is 7.38. The van der Waals surface area contributed by atoms with Crippen LogP contribution in [0, 0.1) is 0 Å². The lowest BCUT2D eigenvalue weighted by Gasteiger charge is -2.12. The molecule has 0 amide bonds. The zero-order chi connectivity index (χ0) is 14.5. The molecule has 0 aliphatic carbocycles. The first-order valence-electron chi connectivity index (χ1n) is 7.38. The molecule has 0 bridgehead atoms. The summed E-state index contributed by atoms with van der Waals surface area (Å²) in [5.41, 5.74) is 3.95. The van der Waals surface area contributed by atoms with E-state index in [0.29, 0.717) is 12.0 Å². The quantitative estimate of drug-likeness (QED) is 0.864. The number of imidazole rings is 1. The number of hydrogen-bond acceptors (Lipinski definition) is 2. The minimum absolute atomic E-state index is 0.458. The molecule has 0 unspecified atom stereocenters. The van der Waals surface area contributed by atoms with Crippen LogP contribution in [0.3, 0.4) is 0 Å². The maximum absolute atomic E-state index is 4.22. The Bertz CT molecular complexity index is 523. The van der Waals surface area contributed by atoms with Crippen molar-refractivity contribution in [3.8, 4) is 0 Å². The van der Waals surface area contributed by atoms with Crippen molar-refractivity contribution in [2.24, 2.45) is 0 Å². The summed E-state index contributed by atoms with van der Waals surface area (Å²) in [5, 5.41) is 3.49. The van der Waals surface area contributed by atoms with Gasteiger partial charge in [0.1, 0.15) is 0 Å². The van der Waals surface area contributed by atoms with Crippen molar-refractivity contribution < 1.29 is 0 Å². The van der Waals surface area contributed by atoms with E-state index in [9.17, 15) is 0 Å². The second kappa shape index (κ2) is 6.71. The predicted octanol–water partition coefficient (Wildman–Crippen LogP) is 3.88. The van der Waals surface area contributed by atoms with Gasteiger partial charge in [0.2, 0.25) is 0 Å². The molecule has 0 saturated carbocycles. The molecule has 0 atom stereocenters. The molecule has 2 aromatic rings. The summed E-state index contributed by atoms with van der Waals surface area (Å²) in [6.45, 7) is 10.5. The van der Waals surface area contributed by atoms with Crippen LogP contribution in [0.15, 0.2) is 36.8 Å². The highest BCUT2D eigenvalue weighted by atomic mass is 15.1. The number of nitrogens with one attached hydrogen (secondary N) is 1. The lowest BCUT2D eigenvalue weighted by atomic mass is 10.0. The van der Waals surface area contributed by atoms with Crippen molar-refractivity contribution in [3.05, 3.63) is 53.6 Å². The third-order valence-corrected chi connectivity index (χ3v) is 3.58. The smallest absolute Gasteiger partial charge is 0.0951 e. The van der Waals surface area contributed by atoms with E-state index in [-0.39, 0.29) is 0 Å². The molecule has 0 radical (unpaired) electrons. The van der Waals surface area contributed by atoms with Gasteiger partial charge < -0.3 is 9.88 Å². The van der Waals surface area contributed by atoms with Gasteiger partial charge in [-0.3, -0.25) is 0 Å². The molecule has 0 spiro atoms. The number of rotatable bonds is 6. The van der Waals surface area contributed by atoms with Gasteiger partial charge in [-0.15, -0.1) is 0 Å². The first kappa shape index (κ1) is 14.8. The van der Waals surface area contributed by atoms with Crippen LogP contribution in [0.2, 0.25) is 0 Å². The highest BCUT2D eigenvalue weighted by molar-refractivity contribution is 5.24. The Kier molecular flexibility index (Phi) is 4.96. The van der Waals surface area contributed by atoms with E-state index >= 15 is 0 Å². The van der Waals surface area contributed by atoms with E-state index in [1.54, 1.807) is 0 Å². The largest absolute Gasteiger partial charge is 0.331 e. The van der Waals surface area contributed by atoms with Gasteiger partial charge in [-0.1, -0.05) is 38.1 Å². The molecule has 20 heavy (non-hydrogen) atoms. The summed E-state index contributed by atoms with van der Waals surface area (Å²) in [6.07, 6.45) is 3.84. The van der Waals surface area contributed by atoms with E-state index in [1.807, 2.05) is 12.5 Å². The molecule has 0 aliphatic heterocycles. The molecule has 3 nitrogen and oxygen atoms in total. The fraction of sp³-hybridized carbons (Fsp3) is 0.471. The van der Waals surface area contributed by atoms with E-state index in [0.717, 1.165) is 13.1 Å². The average molecular weight is 271 g/mol. The summed E-state index contributed by atoms with van der Waals surface area (Å²) in [4.78, 5) is 4.22. The van der Waals surface area contributed by atoms with Gasteiger partial charge in [0, 0.05) is 25.3 Å². The highest BCUT2D eigenvalue weighted by Gasteiger charge is 2.04. The van der Waals surface area contributed by atoms with Crippen molar-refractivity contribution in [2.75, 3.05) is 0 Å². The Labute approximate surface area is 122 Å². The lowest BCUT2D eigenvalue weighted by Crippen LogP contribution is -2.16. The van der Waals surface area contributed by atoms with Gasteiger partial charge in [0.15, 0.2) is 0 Å². The van der Waals surface area contributed by atoms with Crippen LogP contribution in [-0.2, 0) is 13.1 Å². The van der Waals surface area contributed by atoms with E-state index in [4.69, 9.17) is 0 Å². The number of aromatic nitrogens is 2. The van der Waals surface area contributed by atoms with Crippen molar-refractivity contribution in [1.29, 1.82) is 0 Å². The molecule has 1 aromatic carbocycles. The number of hydrogen-bond donors (Lipinski definition) is 1. The Morgan fingerprint density at radius 1 is 1.05 bits per heavy atom. The fourth-order valence-corrected chi connectivity index (χ4v) is 2.29. The molecule has 1 aromatic heterocycles. The van der Waals surface area contributed by atoms with Gasteiger partial charge in [-0.05, 0) is 30.9 Å². The fourth-order valence-electron chi connectivity index (χ4n) is 2.29. The molecule has 3 heteroatoms. The monoisotopic (exact) mass is 271 g/mol. The molecule has 0 saturated heterocycles. The van der Waals surface area contributed by atoms with Gasteiger partial charge in [-0.2, -0.15) is 0 Å². The van der Waals surface area contributed by atoms with Gasteiger partial charge >= 0.3 is 0 Å². The summed E-state index contributed by atoms with van der Waals surface area (Å²) in [6, 6.07) is 9.32. The van der Waals surface area contributed by atoms with Gasteiger partial charge in [0.05, 0.1) is 12.0 Å². The SMILES string of the molecule is CC(C)c1ccc(CNCc2cncn2C(C)C)cc1. The van der Waals surface area contributed by atoms with Crippen LogP contribution in [0.1, 0.15) is 56.5 Å². The van der Waals surface area contributed by atoms with Gasteiger partial charge in [0.25, 0.3) is 0 Å². The van der Waals surface area contributed by atoms with Crippen LogP contribution in [-0.4, -0.2) is 9.55 Å².